The number of rotatable bonds is 7. The first-order chi connectivity index (χ1) is 13.9. The van der Waals surface area contributed by atoms with E-state index < -0.39 is 0 Å². The molecule has 1 saturated heterocycles. The third-order valence-electron chi connectivity index (χ3n) is 4.34. The fourth-order valence-electron chi connectivity index (χ4n) is 2.78. The molecule has 0 bridgehead atoms. The monoisotopic (exact) mass is 419 g/mol. The molecule has 1 aliphatic heterocycles. The van der Waals surface area contributed by atoms with Crippen molar-refractivity contribution in [1.82, 2.24) is 9.36 Å². The normalized spacial score (nSPS) is 14.3. The minimum atomic E-state index is -0.370. The molecule has 0 saturated carbocycles. The Morgan fingerprint density at radius 3 is 2.66 bits per heavy atom. The van der Waals surface area contributed by atoms with E-state index in [1.165, 1.54) is 11.5 Å². The summed E-state index contributed by atoms with van der Waals surface area (Å²) in [6.45, 7) is 11.9. The van der Waals surface area contributed by atoms with E-state index in [1.54, 1.807) is 0 Å². The zero-order valence-corrected chi connectivity index (χ0v) is 18.2. The van der Waals surface area contributed by atoms with Crippen molar-refractivity contribution < 1.29 is 14.3 Å². The molecule has 0 spiro atoms. The van der Waals surface area contributed by atoms with E-state index in [0.717, 1.165) is 24.6 Å². The summed E-state index contributed by atoms with van der Waals surface area (Å²) in [5, 5.41) is 6.09. The number of amides is 2. The lowest BCUT2D eigenvalue weighted by molar-refractivity contribution is 0.122. The summed E-state index contributed by atoms with van der Waals surface area (Å²) in [6.07, 6.45) is 0. The predicted molar refractivity (Wildman–Crippen MR) is 116 cm³/mol. The molecule has 1 aromatic heterocycles. The number of benzene rings is 1. The van der Waals surface area contributed by atoms with Crippen LogP contribution in [0.15, 0.2) is 18.2 Å². The zero-order valence-electron chi connectivity index (χ0n) is 17.4. The maximum atomic E-state index is 12.5. The lowest BCUT2D eigenvalue weighted by Gasteiger charge is -2.29. The molecular formula is C20H29N5O3S. The Balaban J connectivity index is 1.72. The smallest absolute Gasteiger partial charge is 0.325 e. The molecular weight excluding hydrogens is 390 g/mol. The van der Waals surface area contributed by atoms with Gasteiger partial charge in [0.05, 0.1) is 25.5 Å². The highest BCUT2D eigenvalue weighted by molar-refractivity contribution is 7.09. The van der Waals surface area contributed by atoms with Gasteiger partial charge in [0.2, 0.25) is 5.13 Å². The molecule has 8 nitrogen and oxygen atoms in total. The first-order valence-corrected chi connectivity index (χ1v) is 10.7. The minimum Gasteiger partial charge on any atom is -0.491 e. The van der Waals surface area contributed by atoms with E-state index >= 15 is 0 Å². The molecule has 0 unspecified atom stereocenters. The molecule has 1 aliphatic rings. The van der Waals surface area contributed by atoms with Crippen LogP contribution in [0.25, 0.3) is 0 Å². The van der Waals surface area contributed by atoms with Crippen LogP contribution in [-0.2, 0) is 4.74 Å². The van der Waals surface area contributed by atoms with Crippen molar-refractivity contribution in [2.75, 3.05) is 48.4 Å². The fourth-order valence-corrected chi connectivity index (χ4v) is 3.48. The number of nitrogens with zero attached hydrogens (tertiary/aromatic N) is 3. The number of carbonyl (C=O) groups is 1. The summed E-state index contributed by atoms with van der Waals surface area (Å²) in [5.74, 6) is 1.97. The van der Waals surface area contributed by atoms with Gasteiger partial charge in [-0.1, -0.05) is 27.7 Å². The van der Waals surface area contributed by atoms with Gasteiger partial charge in [0, 0.05) is 42.3 Å². The average Bonchev–Trinajstić information content (AvgIpc) is 3.16. The predicted octanol–water partition coefficient (Wildman–Crippen LogP) is 4.18. The van der Waals surface area contributed by atoms with E-state index in [-0.39, 0.29) is 11.9 Å². The van der Waals surface area contributed by atoms with Crippen LogP contribution >= 0.6 is 11.5 Å². The third kappa shape index (κ3) is 6.04. The summed E-state index contributed by atoms with van der Waals surface area (Å²) >= 11 is 1.17. The van der Waals surface area contributed by atoms with Crippen molar-refractivity contribution in [3.63, 3.8) is 0 Å². The van der Waals surface area contributed by atoms with Crippen molar-refractivity contribution in [3.05, 3.63) is 24.0 Å². The van der Waals surface area contributed by atoms with Crippen LogP contribution in [-0.4, -0.2) is 48.3 Å². The molecule has 2 N–H and O–H groups in total. The fraction of sp³-hybridized carbons (Fsp3) is 0.550. The highest BCUT2D eigenvalue weighted by Crippen LogP contribution is 2.31. The maximum Gasteiger partial charge on any atom is 0.325 e. The van der Waals surface area contributed by atoms with Gasteiger partial charge in [0.1, 0.15) is 11.6 Å². The van der Waals surface area contributed by atoms with Gasteiger partial charge in [0.15, 0.2) is 0 Å². The second-order valence-electron chi connectivity index (χ2n) is 7.68. The standard InChI is InChI=1S/C20H29N5O3S/c1-13(2)12-28-17-11-15(25-7-9-27-10-8-25)5-6-16(17)21-19(26)23-20-22-18(14(3)4)24-29-20/h5-6,11,13-14H,7-10,12H2,1-4H3,(H2,21,22,23,24,26). The Labute approximate surface area is 175 Å². The largest absolute Gasteiger partial charge is 0.491 e. The summed E-state index contributed by atoms with van der Waals surface area (Å²) in [5.41, 5.74) is 1.68. The van der Waals surface area contributed by atoms with Crippen LogP contribution in [0, 0.1) is 5.92 Å². The number of anilines is 3. The Bertz CT molecular complexity index is 818. The quantitative estimate of drug-likeness (QED) is 0.700. The maximum absolute atomic E-state index is 12.5. The summed E-state index contributed by atoms with van der Waals surface area (Å²) < 4.78 is 15.7. The molecule has 2 amide bonds. The van der Waals surface area contributed by atoms with E-state index in [0.29, 0.717) is 42.3 Å². The number of ether oxygens (including phenoxy) is 2. The number of morpholine rings is 1. The molecule has 0 aliphatic carbocycles. The number of aromatic nitrogens is 2. The van der Waals surface area contributed by atoms with Crippen LogP contribution in [0.2, 0.25) is 0 Å². The molecule has 0 radical (unpaired) electrons. The van der Waals surface area contributed by atoms with Gasteiger partial charge in [-0.2, -0.15) is 4.37 Å². The first kappa shape index (κ1) is 21.3. The van der Waals surface area contributed by atoms with Crippen LogP contribution < -0.4 is 20.3 Å². The minimum absolute atomic E-state index is 0.216. The molecule has 9 heteroatoms. The van der Waals surface area contributed by atoms with Gasteiger partial charge in [-0.25, -0.2) is 9.78 Å². The van der Waals surface area contributed by atoms with Gasteiger partial charge in [-0.3, -0.25) is 5.32 Å². The molecule has 3 rings (SSSR count). The van der Waals surface area contributed by atoms with Crippen molar-refractivity contribution in [3.8, 4) is 5.75 Å². The Morgan fingerprint density at radius 1 is 1.24 bits per heavy atom. The van der Waals surface area contributed by atoms with E-state index in [4.69, 9.17) is 9.47 Å². The van der Waals surface area contributed by atoms with E-state index in [2.05, 4.69) is 38.7 Å². The second kappa shape index (κ2) is 9.89. The molecule has 2 aromatic rings. The number of carbonyl (C=O) groups excluding carboxylic acids is 1. The Hall–Kier alpha value is -2.39. The number of hydrogen-bond acceptors (Lipinski definition) is 7. The number of hydrogen-bond donors (Lipinski definition) is 2. The summed E-state index contributed by atoms with van der Waals surface area (Å²) in [4.78, 5) is 19.1. The molecule has 0 atom stereocenters. The number of urea groups is 1. The van der Waals surface area contributed by atoms with Gasteiger partial charge < -0.3 is 19.7 Å². The first-order valence-electron chi connectivity index (χ1n) is 9.93. The van der Waals surface area contributed by atoms with Gasteiger partial charge >= 0.3 is 6.03 Å². The Morgan fingerprint density at radius 2 is 2.00 bits per heavy atom. The summed E-state index contributed by atoms with van der Waals surface area (Å²) in [6, 6.07) is 5.47. The highest BCUT2D eigenvalue weighted by atomic mass is 32.1. The van der Waals surface area contributed by atoms with Gasteiger partial charge in [-0.15, -0.1) is 0 Å². The van der Waals surface area contributed by atoms with Gasteiger partial charge in [-0.05, 0) is 18.1 Å². The van der Waals surface area contributed by atoms with Gasteiger partial charge in [0.25, 0.3) is 0 Å². The lowest BCUT2D eigenvalue weighted by atomic mass is 10.2. The SMILES string of the molecule is CC(C)COc1cc(N2CCOCC2)ccc1NC(=O)Nc1nc(C(C)C)ns1. The molecule has 1 aromatic carbocycles. The van der Waals surface area contributed by atoms with Crippen molar-refractivity contribution >= 4 is 34.1 Å². The lowest BCUT2D eigenvalue weighted by Crippen LogP contribution is -2.36. The topological polar surface area (TPSA) is 88.6 Å². The number of nitrogens with one attached hydrogen (secondary N) is 2. The van der Waals surface area contributed by atoms with Crippen molar-refractivity contribution in [1.29, 1.82) is 0 Å². The van der Waals surface area contributed by atoms with Crippen LogP contribution in [0.4, 0.5) is 21.3 Å². The molecule has 29 heavy (non-hydrogen) atoms. The Kier molecular flexibility index (Phi) is 7.27. The van der Waals surface area contributed by atoms with E-state index in [1.807, 2.05) is 32.0 Å². The van der Waals surface area contributed by atoms with Crippen LogP contribution in [0.1, 0.15) is 39.4 Å². The van der Waals surface area contributed by atoms with Crippen LogP contribution in [0.5, 0.6) is 5.75 Å². The van der Waals surface area contributed by atoms with Crippen molar-refractivity contribution in [2.24, 2.45) is 5.92 Å². The van der Waals surface area contributed by atoms with Crippen LogP contribution in [0.3, 0.4) is 0 Å². The zero-order chi connectivity index (χ0) is 20.8. The third-order valence-corrected chi connectivity index (χ3v) is 4.99. The molecule has 1 fully saturated rings. The van der Waals surface area contributed by atoms with E-state index in [9.17, 15) is 4.79 Å². The molecule has 158 valence electrons. The molecule has 2 heterocycles. The average molecular weight is 420 g/mol. The highest BCUT2D eigenvalue weighted by Gasteiger charge is 2.16. The van der Waals surface area contributed by atoms with Crippen molar-refractivity contribution in [2.45, 2.75) is 33.6 Å². The second-order valence-corrected chi connectivity index (χ2v) is 8.43. The summed E-state index contributed by atoms with van der Waals surface area (Å²) in [7, 11) is 0.